The van der Waals surface area contributed by atoms with Crippen molar-refractivity contribution in [1.82, 2.24) is 0 Å². The van der Waals surface area contributed by atoms with Gasteiger partial charge in [0.05, 0.1) is 11.7 Å². The van der Waals surface area contributed by atoms with Gasteiger partial charge in [0.25, 0.3) is 0 Å². The summed E-state index contributed by atoms with van der Waals surface area (Å²) in [6.45, 7) is 3.87. The highest BCUT2D eigenvalue weighted by Gasteiger charge is 2.14. The Balaban J connectivity index is 2.35. The van der Waals surface area contributed by atoms with E-state index in [9.17, 15) is 4.79 Å². The maximum Gasteiger partial charge on any atom is 0.196 e. The molecule has 0 aliphatic carbocycles. The van der Waals surface area contributed by atoms with E-state index in [-0.39, 0.29) is 11.9 Å². The Morgan fingerprint density at radius 3 is 2.32 bits per heavy atom. The highest BCUT2D eigenvalue weighted by Crippen LogP contribution is 2.23. The van der Waals surface area contributed by atoms with Crippen LogP contribution in [0.15, 0.2) is 48.5 Å². The van der Waals surface area contributed by atoms with E-state index in [4.69, 9.17) is 10.5 Å². The first kappa shape index (κ1) is 13.1. The summed E-state index contributed by atoms with van der Waals surface area (Å²) in [5.41, 5.74) is 7.44. The lowest BCUT2D eigenvalue weighted by atomic mass is 10.0. The number of anilines is 1. The summed E-state index contributed by atoms with van der Waals surface area (Å²) in [5, 5.41) is 0. The minimum Gasteiger partial charge on any atom is -0.490 e. The molecule has 0 bridgehead atoms. The monoisotopic (exact) mass is 255 g/mol. The lowest BCUT2D eigenvalue weighted by molar-refractivity contribution is 0.103. The Hall–Kier alpha value is -2.29. The smallest absolute Gasteiger partial charge is 0.196 e. The third-order valence-corrected chi connectivity index (χ3v) is 2.67. The summed E-state index contributed by atoms with van der Waals surface area (Å²) in [4.78, 5) is 12.4. The molecule has 0 heterocycles. The normalized spacial score (nSPS) is 10.5. The number of nitrogen functional groups attached to an aromatic ring is 1. The number of carbonyl (C=O) groups excluding carboxylic acids is 1. The molecule has 0 amide bonds. The molecule has 0 aliphatic heterocycles. The van der Waals surface area contributed by atoms with Gasteiger partial charge in [0.2, 0.25) is 0 Å². The molecule has 0 saturated carbocycles. The third-order valence-electron chi connectivity index (χ3n) is 2.67. The van der Waals surface area contributed by atoms with Gasteiger partial charge in [0.15, 0.2) is 5.78 Å². The minimum atomic E-state index is -0.0590. The number of hydrogen-bond acceptors (Lipinski definition) is 3. The number of hydrogen-bond donors (Lipinski definition) is 1. The van der Waals surface area contributed by atoms with Crippen molar-refractivity contribution in [3.05, 3.63) is 59.7 Å². The Labute approximate surface area is 113 Å². The number of ether oxygens (including phenoxy) is 1. The molecule has 2 rings (SSSR count). The van der Waals surface area contributed by atoms with Crippen LogP contribution >= 0.6 is 0 Å². The van der Waals surface area contributed by atoms with Crippen LogP contribution in [-0.4, -0.2) is 11.9 Å². The summed E-state index contributed by atoms with van der Waals surface area (Å²) < 4.78 is 5.67. The van der Waals surface area contributed by atoms with E-state index in [1.807, 2.05) is 32.0 Å². The molecule has 3 heteroatoms. The molecular weight excluding hydrogens is 238 g/mol. The van der Waals surface area contributed by atoms with E-state index in [0.717, 1.165) is 0 Å². The molecule has 0 saturated heterocycles. The fourth-order valence-electron chi connectivity index (χ4n) is 1.80. The van der Waals surface area contributed by atoms with Gasteiger partial charge in [-0.2, -0.15) is 0 Å². The van der Waals surface area contributed by atoms with Crippen LogP contribution in [0.2, 0.25) is 0 Å². The van der Waals surface area contributed by atoms with Crippen molar-refractivity contribution in [2.75, 3.05) is 5.73 Å². The highest BCUT2D eigenvalue weighted by molar-refractivity contribution is 6.10. The average molecular weight is 255 g/mol. The fourth-order valence-corrected chi connectivity index (χ4v) is 1.80. The first-order valence-electron chi connectivity index (χ1n) is 6.24. The topological polar surface area (TPSA) is 52.3 Å². The van der Waals surface area contributed by atoms with Gasteiger partial charge in [0, 0.05) is 11.3 Å². The van der Waals surface area contributed by atoms with Crippen LogP contribution < -0.4 is 10.5 Å². The van der Waals surface area contributed by atoms with Crippen LogP contribution in [0, 0.1) is 0 Å². The van der Waals surface area contributed by atoms with Gasteiger partial charge < -0.3 is 10.5 Å². The maximum absolute atomic E-state index is 12.4. The largest absolute Gasteiger partial charge is 0.490 e. The maximum atomic E-state index is 12.4. The zero-order valence-corrected chi connectivity index (χ0v) is 11.1. The zero-order chi connectivity index (χ0) is 13.8. The molecule has 0 aliphatic rings. The molecule has 0 radical (unpaired) electrons. The minimum absolute atomic E-state index is 0.0281. The number of rotatable bonds is 4. The molecule has 2 N–H and O–H groups in total. The molecule has 2 aromatic carbocycles. The SMILES string of the molecule is CC(C)Oc1ccccc1C(=O)c1ccc(N)cc1. The molecule has 19 heavy (non-hydrogen) atoms. The van der Waals surface area contributed by atoms with Gasteiger partial charge in [-0.15, -0.1) is 0 Å². The Morgan fingerprint density at radius 2 is 1.68 bits per heavy atom. The lowest BCUT2D eigenvalue weighted by Gasteiger charge is -2.13. The van der Waals surface area contributed by atoms with E-state index in [2.05, 4.69) is 0 Å². The van der Waals surface area contributed by atoms with Crippen molar-refractivity contribution in [1.29, 1.82) is 0 Å². The quantitative estimate of drug-likeness (QED) is 0.673. The van der Waals surface area contributed by atoms with Crippen LogP contribution in [0.3, 0.4) is 0 Å². The number of ketones is 1. The highest BCUT2D eigenvalue weighted by atomic mass is 16.5. The predicted molar refractivity (Wildman–Crippen MR) is 76.5 cm³/mol. The summed E-state index contributed by atoms with van der Waals surface area (Å²) in [6.07, 6.45) is 0.0281. The van der Waals surface area contributed by atoms with Crippen LogP contribution in [0.1, 0.15) is 29.8 Å². The number of benzene rings is 2. The number of para-hydroxylation sites is 1. The van der Waals surface area contributed by atoms with Crippen molar-refractivity contribution < 1.29 is 9.53 Å². The molecule has 3 nitrogen and oxygen atoms in total. The van der Waals surface area contributed by atoms with Gasteiger partial charge in [-0.25, -0.2) is 0 Å². The second kappa shape index (κ2) is 5.57. The number of carbonyl (C=O) groups is 1. The Morgan fingerprint density at radius 1 is 1.05 bits per heavy atom. The molecule has 0 aromatic heterocycles. The molecular formula is C16H17NO2. The first-order valence-corrected chi connectivity index (χ1v) is 6.24. The zero-order valence-electron chi connectivity index (χ0n) is 11.1. The standard InChI is InChI=1S/C16H17NO2/c1-11(2)19-15-6-4-3-5-14(15)16(18)12-7-9-13(17)10-8-12/h3-11H,17H2,1-2H3. The van der Waals surface area contributed by atoms with Gasteiger partial charge in [-0.3, -0.25) is 4.79 Å². The van der Waals surface area contributed by atoms with Gasteiger partial charge in [-0.1, -0.05) is 12.1 Å². The third kappa shape index (κ3) is 3.13. The van der Waals surface area contributed by atoms with E-state index in [1.165, 1.54) is 0 Å². The fraction of sp³-hybridized carbons (Fsp3) is 0.188. The summed E-state index contributed by atoms with van der Waals surface area (Å²) >= 11 is 0. The van der Waals surface area contributed by atoms with Gasteiger partial charge in [0.1, 0.15) is 5.75 Å². The second-order valence-corrected chi connectivity index (χ2v) is 4.61. The molecule has 0 atom stereocenters. The van der Waals surface area contributed by atoms with Crippen molar-refractivity contribution >= 4 is 11.5 Å². The second-order valence-electron chi connectivity index (χ2n) is 4.61. The van der Waals surface area contributed by atoms with Crippen LogP contribution in [-0.2, 0) is 0 Å². The van der Waals surface area contributed by atoms with E-state index < -0.39 is 0 Å². The van der Waals surface area contributed by atoms with E-state index in [0.29, 0.717) is 22.6 Å². The summed E-state index contributed by atoms with van der Waals surface area (Å²) in [7, 11) is 0. The number of nitrogens with two attached hydrogens (primary N) is 1. The lowest BCUT2D eigenvalue weighted by Crippen LogP contribution is -2.10. The Bertz CT molecular complexity index is 574. The van der Waals surface area contributed by atoms with E-state index in [1.54, 1.807) is 30.3 Å². The van der Waals surface area contributed by atoms with Crippen LogP contribution in [0.25, 0.3) is 0 Å². The van der Waals surface area contributed by atoms with Crippen LogP contribution in [0.4, 0.5) is 5.69 Å². The summed E-state index contributed by atoms with van der Waals surface area (Å²) in [6, 6.07) is 14.2. The Kier molecular flexibility index (Phi) is 3.85. The van der Waals surface area contributed by atoms with Crippen molar-refractivity contribution in [3.8, 4) is 5.75 Å². The van der Waals surface area contributed by atoms with Gasteiger partial charge in [-0.05, 0) is 50.2 Å². The summed E-state index contributed by atoms with van der Waals surface area (Å²) in [5.74, 6) is 0.551. The predicted octanol–water partition coefficient (Wildman–Crippen LogP) is 3.29. The molecule has 98 valence electrons. The van der Waals surface area contributed by atoms with E-state index >= 15 is 0 Å². The molecule has 0 spiro atoms. The van der Waals surface area contributed by atoms with Crippen LogP contribution in [0.5, 0.6) is 5.75 Å². The van der Waals surface area contributed by atoms with Crippen molar-refractivity contribution in [2.45, 2.75) is 20.0 Å². The molecule has 0 fully saturated rings. The van der Waals surface area contributed by atoms with Crippen molar-refractivity contribution in [3.63, 3.8) is 0 Å². The van der Waals surface area contributed by atoms with Crippen molar-refractivity contribution in [2.24, 2.45) is 0 Å². The average Bonchev–Trinajstić information content (AvgIpc) is 2.39. The molecule has 0 unspecified atom stereocenters. The molecule has 2 aromatic rings. The first-order chi connectivity index (χ1) is 9.08. The van der Waals surface area contributed by atoms with Gasteiger partial charge >= 0.3 is 0 Å².